The van der Waals surface area contributed by atoms with Gasteiger partial charge in [0.2, 0.25) is 0 Å². The molecule has 0 saturated heterocycles. The van der Waals surface area contributed by atoms with E-state index in [0.29, 0.717) is 5.56 Å². The smallest absolute Gasteiger partial charge is 0.253 e. The van der Waals surface area contributed by atoms with E-state index in [1.165, 1.54) is 11.1 Å². The van der Waals surface area contributed by atoms with Crippen molar-refractivity contribution in [2.45, 2.75) is 25.3 Å². The van der Waals surface area contributed by atoms with Crippen molar-refractivity contribution in [2.75, 3.05) is 0 Å². The lowest BCUT2D eigenvalue weighted by Crippen LogP contribution is -2.38. The van der Waals surface area contributed by atoms with Crippen molar-refractivity contribution >= 4 is 11.6 Å². The molecule has 1 aromatic carbocycles. The average Bonchev–Trinajstić information content (AvgIpc) is 3.02. The highest BCUT2D eigenvalue weighted by atomic mass is 16.1. The third-order valence-electron chi connectivity index (χ3n) is 4.33. The molecule has 1 aliphatic rings. The first kappa shape index (κ1) is 13.1. The maximum atomic E-state index is 12.4. The Labute approximate surface area is 128 Å². The second kappa shape index (κ2) is 5.30. The zero-order valence-electron chi connectivity index (χ0n) is 12.2. The first-order valence-electron chi connectivity index (χ1n) is 7.60. The van der Waals surface area contributed by atoms with Gasteiger partial charge in [0.25, 0.3) is 5.91 Å². The molecule has 0 unspecified atom stereocenters. The van der Waals surface area contributed by atoms with Gasteiger partial charge in [-0.15, -0.1) is 0 Å². The number of aromatic nitrogens is 2. The Morgan fingerprint density at radius 1 is 1.18 bits per heavy atom. The number of amides is 1. The summed E-state index contributed by atoms with van der Waals surface area (Å²) in [6.45, 7) is 0. The molecule has 22 heavy (non-hydrogen) atoms. The lowest BCUT2D eigenvalue weighted by Gasteiger charge is -2.25. The monoisotopic (exact) mass is 291 g/mol. The van der Waals surface area contributed by atoms with Crippen LogP contribution in [0.25, 0.3) is 5.65 Å². The maximum Gasteiger partial charge on any atom is 0.253 e. The number of pyridine rings is 1. The molecule has 1 N–H and O–H groups in total. The first-order chi connectivity index (χ1) is 10.8. The summed E-state index contributed by atoms with van der Waals surface area (Å²) < 4.78 is 1.87. The Balaban J connectivity index is 1.50. The molecule has 110 valence electrons. The van der Waals surface area contributed by atoms with E-state index in [9.17, 15) is 4.79 Å². The third kappa shape index (κ3) is 2.37. The van der Waals surface area contributed by atoms with E-state index in [0.717, 1.165) is 24.9 Å². The molecular formula is C18H17N3O. The Morgan fingerprint density at radius 2 is 2.05 bits per heavy atom. The Bertz CT molecular complexity index is 837. The number of fused-ring (bicyclic) bond motifs is 2. The summed E-state index contributed by atoms with van der Waals surface area (Å²) in [5.41, 5.74) is 4.28. The number of hydrogen-bond acceptors (Lipinski definition) is 2. The second-order valence-corrected chi connectivity index (χ2v) is 5.79. The number of imidazole rings is 1. The van der Waals surface area contributed by atoms with Crippen molar-refractivity contribution in [1.82, 2.24) is 14.7 Å². The summed E-state index contributed by atoms with van der Waals surface area (Å²) in [5, 5.41) is 3.16. The lowest BCUT2D eigenvalue weighted by molar-refractivity contribution is 0.0933. The van der Waals surface area contributed by atoms with Gasteiger partial charge in [-0.05, 0) is 42.5 Å². The van der Waals surface area contributed by atoms with E-state index in [2.05, 4.69) is 34.6 Å². The predicted octanol–water partition coefficient (Wildman–Crippen LogP) is 2.62. The van der Waals surface area contributed by atoms with Gasteiger partial charge in [0.15, 0.2) is 0 Å². The molecular weight excluding hydrogens is 274 g/mol. The van der Waals surface area contributed by atoms with Gasteiger partial charge >= 0.3 is 0 Å². The van der Waals surface area contributed by atoms with Crippen LogP contribution in [0.4, 0.5) is 0 Å². The van der Waals surface area contributed by atoms with Gasteiger partial charge in [0.1, 0.15) is 5.65 Å². The third-order valence-corrected chi connectivity index (χ3v) is 4.33. The number of nitrogens with zero attached hydrogens (tertiary/aromatic N) is 2. The van der Waals surface area contributed by atoms with Gasteiger partial charge in [-0.25, -0.2) is 4.98 Å². The van der Waals surface area contributed by atoms with Crippen molar-refractivity contribution in [3.05, 3.63) is 71.7 Å². The van der Waals surface area contributed by atoms with E-state index in [1.54, 1.807) is 6.20 Å². The number of carbonyl (C=O) groups is 1. The molecule has 0 bridgehead atoms. The van der Waals surface area contributed by atoms with E-state index >= 15 is 0 Å². The van der Waals surface area contributed by atoms with Crippen LogP contribution in [-0.4, -0.2) is 21.3 Å². The largest absolute Gasteiger partial charge is 0.349 e. The van der Waals surface area contributed by atoms with E-state index in [4.69, 9.17) is 0 Å². The molecule has 3 aromatic rings. The summed E-state index contributed by atoms with van der Waals surface area (Å²) >= 11 is 0. The van der Waals surface area contributed by atoms with Gasteiger partial charge in [0, 0.05) is 24.6 Å². The fourth-order valence-corrected chi connectivity index (χ4v) is 3.14. The lowest BCUT2D eigenvalue weighted by atomic mass is 9.88. The highest BCUT2D eigenvalue weighted by Crippen LogP contribution is 2.21. The standard InChI is InChI=1S/C18H17N3O/c22-18(15-6-8-17-19-9-10-21(17)12-15)20-16-7-5-13-3-1-2-4-14(13)11-16/h1-4,6,8-10,12,16H,5,7,11H2,(H,20,22)/t16-/m1/s1. The van der Waals surface area contributed by atoms with Gasteiger partial charge < -0.3 is 9.72 Å². The highest BCUT2D eigenvalue weighted by molar-refractivity contribution is 5.94. The summed E-state index contributed by atoms with van der Waals surface area (Å²) in [7, 11) is 0. The molecule has 1 amide bonds. The Hall–Kier alpha value is -2.62. The molecule has 1 aliphatic carbocycles. The van der Waals surface area contributed by atoms with Crippen LogP contribution in [0.5, 0.6) is 0 Å². The van der Waals surface area contributed by atoms with Crippen molar-refractivity contribution < 1.29 is 4.79 Å². The second-order valence-electron chi connectivity index (χ2n) is 5.79. The minimum atomic E-state index is -0.0139. The Morgan fingerprint density at radius 3 is 2.95 bits per heavy atom. The van der Waals surface area contributed by atoms with Crippen LogP contribution in [-0.2, 0) is 12.8 Å². The minimum Gasteiger partial charge on any atom is -0.349 e. The zero-order chi connectivity index (χ0) is 14.9. The molecule has 0 aliphatic heterocycles. The van der Waals surface area contributed by atoms with Crippen LogP contribution in [0.1, 0.15) is 27.9 Å². The van der Waals surface area contributed by atoms with Crippen LogP contribution in [0.3, 0.4) is 0 Å². The molecule has 4 rings (SSSR count). The van der Waals surface area contributed by atoms with E-state index < -0.39 is 0 Å². The van der Waals surface area contributed by atoms with Crippen molar-refractivity contribution in [1.29, 1.82) is 0 Å². The van der Waals surface area contributed by atoms with E-state index in [1.807, 2.05) is 28.9 Å². The normalized spacial score (nSPS) is 17.2. The molecule has 0 saturated carbocycles. The van der Waals surface area contributed by atoms with Gasteiger partial charge in [-0.1, -0.05) is 24.3 Å². The average molecular weight is 291 g/mol. The molecule has 0 radical (unpaired) electrons. The van der Waals surface area contributed by atoms with Crippen molar-refractivity contribution in [2.24, 2.45) is 0 Å². The van der Waals surface area contributed by atoms with E-state index in [-0.39, 0.29) is 11.9 Å². The number of hydrogen-bond donors (Lipinski definition) is 1. The van der Waals surface area contributed by atoms with Crippen LogP contribution in [0.15, 0.2) is 55.0 Å². The van der Waals surface area contributed by atoms with Crippen molar-refractivity contribution in [3.63, 3.8) is 0 Å². The van der Waals surface area contributed by atoms with Crippen LogP contribution >= 0.6 is 0 Å². The summed E-state index contributed by atoms with van der Waals surface area (Å²) in [6.07, 6.45) is 8.35. The SMILES string of the molecule is O=C(N[C@@H]1CCc2ccccc2C1)c1ccc2nccn2c1. The van der Waals surface area contributed by atoms with Crippen LogP contribution in [0, 0.1) is 0 Å². The van der Waals surface area contributed by atoms with Gasteiger partial charge in [-0.2, -0.15) is 0 Å². The highest BCUT2D eigenvalue weighted by Gasteiger charge is 2.20. The minimum absolute atomic E-state index is 0.0139. The first-order valence-corrected chi connectivity index (χ1v) is 7.60. The summed E-state index contributed by atoms with van der Waals surface area (Å²) in [4.78, 5) is 16.6. The quantitative estimate of drug-likeness (QED) is 0.789. The zero-order valence-corrected chi connectivity index (χ0v) is 12.2. The molecule has 2 heterocycles. The molecule has 0 spiro atoms. The molecule has 0 fully saturated rings. The molecule has 2 aromatic heterocycles. The van der Waals surface area contributed by atoms with Crippen molar-refractivity contribution in [3.8, 4) is 0 Å². The number of nitrogens with one attached hydrogen (secondary N) is 1. The Kier molecular flexibility index (Phi) is 3.15. The fraction of sp³-hybridized carbons (Fsp3) is 0.222. The topological polar surface area (TPSA) is 46.4 Å². The fourth-order valence-electron chi connectivity index (χ4n) is 3.14. The maximum absolute atomic E-state index is 12.4. The van der Waals surface area contributed by atoms with Crippen LogP contribution in [0.2, 0.25) is 0 Å². The number of benzene rings is 1. The number of aryl methyl sites for hydroxylation is 1. The molecule has 4 heteroatoms. The van der Waals surface area contributed by atoms with Gasteiger partial charge in [-0.3, -0.25) is 4.79 Å². The predicted molar refractivity (Wildman–Crippen MR) is 84.9 cm³/mol. The molecule has 1 atom stereocenters. The van der Waals surface area contributed by atoms with Crippen LogP contribution < -0.4 is 5.32 Å². The summed E-state index contributed by atoms with van der Waals surface area (Å²) in [5.74, 6) is -0.0139. The number of rotatable bonds is 2. The summed E-state index contributed by atoms with van der Waals surface area (Å²) in [6, 6.07) is 12.4. The van der Waals surface area contributed by atoms with Gasteiger partial charge in [0.05, 0.1) is 5.56 Å². The molecule has 4 nitrogen and oxygen atoms in total. The number of carbonyl (C=O) groups excluding carboxylic acids is 1.